The van der Waals surface area contributed by atoms with Crippen molar-refractivity contribution in [2.45, 2.75) is 30.6 Å². The normalized spacial score (nSPS) is 13.5. The number of hydrogen-bond donors (Lipinski definition) is 0. The van der Waals surface area contributed by atoms with Gasteiger partial charge in [-0.05, 0) is 49.8 Å². The van der Waals surface area contributed by atoms with Crippen LogP contribution in [0.1, 0.15) is 24.2 Å². The van der Waals surface area contributed by atoms with Crippen molar-refractivity contribution in [3.05, 3.63) is 41.7 Å². The van der Waals surface area contributed by atoms with Crippen molar-refractivity contribution < 1.29 is 26.4 Å². The van der Waals surface area contributed by atoms with E-state index in [1.165, 1.54) is 29.1 Å². The molecule has 1 aliphatic rings. The van der Waals surface area contributed by atoms with Crippen LogP contribution in [0.25, 0.3) is 11.3 Å². The van der Waals surface area contributed by atoms with E-state index in [1.807, 2.05) is 23.9 Å². The number of aryl methyl sites for hydroxylation is 1. The SMILES string of the molecule is COc1ccc(-c2cc(SC)c3c([o+]2)CCCC3)cc1.F[B-](F)(F)F. The van der Waals surface area contributed by atoms with Crippen LogP contribution in [0.4, 0.5) is 17.3 Å². The van der Waals surface area contributed by atoms with E-state index in [0.29, 0.717) is 0 Å². The van der Waals surface area contributed by atoms with Gasteiger partial charge >= 0.3 is 18.8 Å². The van der Waals surface area contributed by atoms with Crippen LogP contribution < -0.4 is 4.74 Å². The fourth-order valence-electron chi connectivity index (χ4n) is 2.70. The molecule has 136 valence electrons. The number of ether oxygens (including phenoxy) is 1. The third kappa shape index (κ3) is 5.95. The highest BCUT2D eigenvalue weighted by Gasteiger charge is 2.27. The van der Waals surface area contributed by atoms with Crippen LogP contribution in [-0.4, -0.2) is 20.6 Å². The van der Waals surface area contributed by atoms with E-state index >= 15 is 0 Å². The minimum atomic E-state index is -6.00. The first-order chi connectivity index (χ1) is 11.8. The Morgan fingerprint density at radius 3 is 2.20 bits per heavy atom. The molecule has 8 heteroatoms. The second-order valence-electron chi connectivity index (χ2n) is 5.51. The molecule has 0 amide bonds. The molecule has 0 bridgehead atoms. The Balaban J connectivity index is 0.000000399. The first-order valence-corrected chi connectivity index (χ1v) is 9.09. The van der Waals surface area contributed by atoms with Gasteiger partial charge in [-0.3, -0.25) is 0 Å². The zero-order valence-corrected chi connectivity index (χ0v) is 14.8. The van der Waals surface area contributed by atoms with Crippen molar-refractivity contribution in [1.29, 1.82) is 0 Å². The molecular weight excluding hydrogens is 355 g/mol. The van der Waals surface area contributed by atoms with Gasteiger partial charge in [0.2, 0.25) is 0 Å². The second kappa shape index (κ2) is 8.60. The maximum absolute atomic E-state index is 9.75. The Kier molecular flexibility index (Phi) is 6.75. The van der Waals surface area contributed by atoms with Gasteiger partial charge in [0, 0.05) is 4.90 Å². The molecule has 0 spiro atoms. The molecule has 1 aromatic carbocycles. The molecule has 0 atom stereocenters. The minimum absolute atomic E-state index is 0.872. The summed E-state index contributed by atoms with van der Waals surface area (Å²) in [6, 6.07) is 10.2. The summed E-state index contributed by atoms with van der Waals surface area (Å²) in [5, 5.41) is 0. The molecule has 0 saturated heterocycles. The molecule has 0 radical (unpaired) electrons. The Morgan fingerprint density at radius 2 is 1.64 bits per heavy atom. The van der Waals surface area contributed by atoms with Crippen LogP contribution in [0.2, 0.25) is 0 Å². The molecule has 3 rings (SSSR count). The quantitative estimate of drug-likeness (QED) is 0.279. The smallest absolute Gasteiger partial charge is 0.497 e. The summed E-state index contributed by atoms with van der Waals surface area (Å²) >= 11 is 1.82. The highest BCUT2D eigenvalue weighted by atomic mass is 32.2. The van der Waals surface area contributed by atoms with E-state index in [2.05, 4.69) is 24.5 Å². The highest BCUT2D eigenvalue weighted by molar-refractivity contribution is 7.98. The van der Waals surface area contributed by atoms with Gasteiger partial charge in [-0.25, -0.2) is 4.42 Å². The third-order valence-corrected chi connectivity index (χ3v) is 4.61. The Morgan fingerprint density at radius 1 is 1.04 bits per heavy atom. The van der Waals surface area contributed by atoms with Crippen molar-refractivity contribution >= 4 is 19.0 Å². The molecule has 2 nitrogen and oxygen atoms in total. The second-order valence-corrected chi connectivity index (χ2v) is 6.36. The predicted molar refractivity (Wildman–Crippen MR) is 93.7 cm³/mol. The zero-order chi connectivity index (χ0) is 18.4. The number of benzene rings is 1. The van der Waals surface area contributed by atoms with Gasteiger partial charge in [-0.2, -0.15) is 0 Å². The lowest BCUT2D eigenvalue weighted by molar-refractivity contribution is 0.368. The number of rotatable bonds is 3. The molecule has 25 heavy (non-hydrogen) atoms. The van der Waals surface area contributed by atoms with Crippen molar-refractivity contribution in [3.8, 4) is 17.1 Å². The summed E-state index contributed by atoms with van der Waals surface area (Å²) < 4.78 is 50.4. The van der Waals surface area contributed by atoms with Gasteiger partial charge in [0.25, 0.3) is 0 Å². The molecule has 1 aromatic heterocycles. The van der Waals surface area contributed by atoms with Crippen molar-refractivity contribution in [1.82, 2.24) is 0 Å². The van der Waals surface area contributed by atoms with E-state index in [-0.39, 0.29) is 0 Å². The van der Waals surface area contributed by atoms with Crippen LogP contribution in [0.5, 0.6) is 5.75 Å². The van der Waals surface area contributed by atoms with Crippen LogP contribution in [-0.2, 0) is 12.8 Å². The fraction of sp³-hybridized carbons (Fsp3) is 0.353. The van der Waals surface area contributed by atoms with E-state index in [0.717, 1.165) is 29.9 Å². The van der Waals surface area contributed by atoms with E-state index in [1.54, 1.807) is 7.11 Å². The maximum atomic E-state index is 9.75. The summed E-state index contributed by atoms with van der Waals surface area (Å²) in [4.78, 5) is 1.36. The molecule has 1 heterocycles. The number of hydrogen-bond acceptors (Lipinski definition) is 2. The fourth-order valence-corrected chi connectivity index (χ4v) is 3.39. The van der Waals surface area contributed by atoms with Gasteiger partial charge in [-0.15, -0.1) is 11.8 Å². The Hall–Kier alpha value is -1.70. The van der Waals surface area contributed by atoms with Crippen LogP contribution in [0, 0.1) is 0 Å². The first kappa shape index (κ1) is 19.6. The van der Waals surface area contributed by atoms with Gasteiger partial charge < -0.3 is 22.0 Å². The van der Waals surface area contributed by atoms with Gasteiger partial charge in [0.05, 0.1) is 30.7 Å². The van der Waals surface area contributed by atoms with E-state index < -0.39 is 7.25 Å². The van der Waals surface area contributed by atoms with E-state index in [4.69, 9.17) is 9.15 Å². The standard InChI is InChI=1S/C17H19O2S.BF4/c1-18-13-9-7-12(8-10-13)16-11-17(20-2)14-5-3-4-6-15(14)19-16;2-1(3,4)5/h7-11H,3-6H2,1-2H3;/q+1;-1. The predicted octanol–water partition coefficient (Wildman–Crippen LogP) is 6.14. The summed E-state index contributed by atoms with van der Waals surface area (Å²) in [6.45, 7) is 0. The van der Waals surface area contributed by atoms with Gasteiger partial charge in [0.1, 0.15) is 5.75 Å². The molecule has 2 aromatic rings. The molecular formula is C17H19BF4O2S. The summed E-state index contributed by atoms with van der Waals surface area (Å²) in [5.41, 5.74) is 2.52. The van der Waals surface area contributed by atoms with Gasteiger partial charge in [0.15, 0.2) is 0 Å². The topological polar surface area (TPSA) is 20.5 Å². The number of thioether (sulfide) groups is 1. The van der Waals surface area contributed by atoms with Crippen LogP contribution in [0.3, 0.4) is 0 Å². The van der Waals surface area contributed by atoms with Crippen molar-refractivity contribution in [3.63, 3.8) is 0 Å². The third-order valence-electron chi connectivity index (χ3n) is 3.80. The van der Waals surface area contributed by atoms with Crippen molar-refractivity contribution in [2.75, 3.05) is 13.4 Å². The van der Waals surface area contributed by atoms with Crippen molar-refractivity contribution in [2.24, 2.45) is 0 Å². The molecule has 0 saturated carbocycles. The summed E-state index contributed by atoms with van der Waals surface area (Å²) in [5.74, 6) is 3.00. The monoisotopic (exact) mass is 374 g/mol. The molecule has 0 N–H and O–H groups in total. The zero-order valence-electron chi connectivity index (χ0n) is 14.0. The Bertz CT molecular complexity index is 682. The lowest BCUT2D eigenvalue weighted by atomic mass is 9.96. The summed E-state index contributed by atoms with van der Waals surface area (Å²) in [7, 11) is -4.32. The number of halogens is 4. The van der Waals surface area contributed by atoms with Crippen LogP contribution in [0.15, 0.2) is 39.6 Å². The lowest BCUT2D eigenvalue weighted by Crippen LogP contribution is -2.04. The Labute approximate surface area is 148 Å². The minimum Gasteiger partial charge on any atom is -0.497 e. The van der Waals surface area contributed by atoms with E-state index in [9.17, 15) is 17.3 Å². The molecule has 1 aliphatic carbocycles. The number of methoxy groups -OCH3 is 1. The number of fused-ring (bicyclic) bond motifs is 1. The average Bonchev–Trinajstić information content (AvgIpc) is 2.59. The molecule has 0 aliphatic heterocycles. The first-order valence-electron chi connectivity index (χ1n) is 7.86. The van der Waals surface area contributed by atoms with Gasteiger partial charge in [-0.1, -0.05) is 0 Å². The lowest BCUT2D eigenvalue weighted by Gasteiger charge is -2.11. The summed E-state index contributed by atoms with van der Waals surface area (Å²) in [6.07, 6.45) is 6.86. The largest absolute Gasteiger partial charge is 0.673 e. The molecule has 0 unspecified atom stereocenters. The highest BCUT2D eigenvalue weighted by Crippen LogP contribution is 2.35. The average molecular weight is 374 g/mol. The maximum Gasteiger partial charge on any atom is 0.673 e. The van der Waals surface area contributed by atoms with Crippen LogP contribution >= 0.6 is 11.8 Å². The molecule has 0 fully saturated rings.